The summed E-state index contributed by atoms with van der Waals surface area (Å²) < 4.78 is 0. The molecular weight excluding hydrogens is 364 g/mol. The van der Waals surface area contributed by atoms with E-state index >= 15 is 0 Å². The van der Waals surface area contributed by atoms with Crippen LogP contribution < -0.4 is 20.0 Å². The summed E-state index contributed by atoms with van der Waals surface area (Å²) in [6.07, 6.45) is 2.72. The molecule has 2 aliphatic rings. The molecule has 0 saturated carbocycles. The van der Waals surface area contributed by atoms with Crippen LogP contribution >= 0.6 is 0 Å². The molecule has 152 valence electrons. The van der Waals surface area contributed by atoms with Gasteiger partial charge in [-0.25, -0.2) is 0 Å². The van der Waals surface area contributed by atoms with Gasteiger partial charge in [0.15, 0.2) is 0 Å². The Kier molecular flexibility index (Phi) is 5.43. The van der Waals surface area contributed by atoms with Crippen LogP contribution in [0.15, 0.2) is 48.5 Å². The molecule has 2 heterocycles. The van der Waals surface area contributed by atoms with E-state index in [-0.39, 0.29) is 24.2 Å². The van der Waals surface area contributed by atoms with Crippen molar-refractivity contribution in [1.82, 2.24) is 0 Å². The fourth-order valence-corrected chi connectivity index (χ4v) is 4.04. The maximum atomic E-state index is 12.7. The Balaban J connectivity index is 1.38. The second kappa shape index (κ2) is 8.15. The summed E-state index contributed by atoms with van der Waals surface area (Å²) in [6.45, 7) is 2.61. The Hall–Kier alpha value is -3.02. The predicted molar refractivity (Wildman–Crippen MR) is 118 cm³/mol. The van der Waals surface area contributed by atoms with Crippen molar-refractivity contribution in [2.24, 2.45) is 5.92 Å². The van der Waals surface area contributed by atoms with Crippen molar-refractivity contribution in [1.29, 1.82) is 0 Å². The molecule has 2 fully saturated rings. The van der Waals surface area contributed by atoms with E-state index in [1.54, 1.807) is 4.90 Å². The monoisotopic (exact) mass is 392 g/mol. The van der Waals surface area contributed by atoms with E-state index in [4.69, 9.17) is 0 Å². The first-order chi connectivity index (χ1) is 14.0. The molecule has 2 aliphatic heterocycles. The van der Waals surface area contributed by atoms with E-state index in [2.05, 4.69) is 22.3 Å². The van der Waals surface area contributed by atoms with Gasteiger partial charge in [0.2, 0.25) is 11.8 Å². The molecule has 2 aromatic carbocycles. The van der Waals surface area contributed by atoms with Gasteiger partial charge in [0.05, 0.1) is 5.92 Å². The first-order valence-electron chi connectivity index (χ1n) is 10.2. The third-order valence-electron chi connectivity index (χ3n) is 5.78. The maximum absolute atomic E-state index is 12.7. The van der Waals surface area contributed by atoms with Crippen LogP contribution in [0.3, 0.4) is 0 Å². The van der Waals surface area contributed by atoms with Crippen LogP contribution in [0.2, 0.25) is 0 Å². The summed E-state index contributed by atoms with van der Waals surface area (Å²) in [7, 11) is 3.95. The zero-order chi connectivity index (χ0) is 20.4. The SMILES string of the molecule is CN(C)c1ccc(NC(=O)C2CC(=O)N(c3ccc(N4CCCC4)cc3)C2)cc1. The highest BCUT2D eigenvalue weighted by atomic mass is 16.2. The summed E-state index contributed by atoms with van der Waals surface area (Å²) in [5.74, 6) is -0.441. The second-order valence-corrected chi connectivity index (χ2v) is 8.05. The minimum Gasteiger partial charge on any atom is -0.378 e. The Morgan fingerprint density at radius 2 is 1.59 bits per heavy atom. The lowest BCUT2D eigenvalue weighted by molar-refractivity contribution is -0.122. The number of nitrogens with one attached hydrogen (secondary N) is 1. The van der Waals surface area contributed by atoms with Crippen molar-refractivity contribution < 1.29 is 9.59 Å². The smallest absolute Gasteiger partial charge is 0.229 e. The number of hydrogen-bond donors (Lipinski definition) is 1. The van der Waals surface area contributed by atoms with E-state index in [0.29, 0.717) is 6.54 Å². The third kappa shape index (κ3) is 4.21. The molecular formula is C23H28N4O2. The average molecular weight is 393 g/mol. The van der Waals surface area contributed by atoms with Gasteiger partial charge in [-0.1, -0.05) is 0 Å². The highest BCUT2D eigenvalue weighted by Gasteiger charge is 2.35. The number of nitrogens with zero attached hydrogens (tertiary/aromatic N) is 3. The fourth-order valence-electron chi connectivity index (χ4n) is 4.04. The van der Waals surface area contributed by atoms with Crippen LogP contribution in [-0.4, -0.2) is 45.5 Å². The predicted octanol–water partition coefficient (Wildman–Crippen LogP) is 3.34. The van der Waals surface area contributed by atoms with E-state index in [1.165, 1.54) is 18.5 Å². The number of amides is 2. The number of carbonyl (C=O) groups is 2. The zero-order valence-electron chi connectivity index (χ0n) is 17.1. The first kappa shape index (κ1) is 19.3. The van der Waals surface area contributed by atoms with Gasteiger partial charge in [-0.05, 0) is 61.4 Å². The van der Waals surface area contributed by atoms with Crippen LogP contribution in [0, 0.1) is 5.92 Å². The molecule has 4 rings (SSSR count). The minimum atomic E-state index is -0.339. The van der Waals surface area contributed by atoms with Gasteiger partial charge in [0, 0.05) is 62.9 Å². The van der Waals surface area contributed by atoms with Gasteiger partial charge in [0.25, 0.3) is 0 Å². The topological polar surface area (TPSA) is 55.9 Å². The van der Waals surface area contributed by atoms with Crippen LogP contribution in [-0.2, 0) is 9.59 Å². The molecule has 2 saturated heterocycles. The van der Waals surface area contributed by atoms with Crippen LogP contribution in [0.5, 0.6) is 0 Å². The van der Waals surface area contributed by atoms with Crippen molar-refractivity contribution in [3.63, 3.8) is 0 Å². The normalized spacial score (nSPS) is 19.0. The maximum Gasteiger partial charge on any atom is 0.229 e. The lowest BCUT2D eigenvalue weighted by Crippen LogP contribution is -2.28. The van der Waals surface area contributed by atoms with Gasteiger partial charge >= 0.3 is 0 Å². The number of rotatable bonds is 5. The van der Waals surface area contributed by atoms with Crippen LogP contribution in [0.4, 0.5) is 22.7 Å². The quantitative estimate of drug-likeness (QED) is 0.848. The lowest BCUT2D eigenvalue weighted by Gasteiger charge is -2.20. The van der Waals surface area contributed by atoms with Gasteiger partial charge in [-0.2, -0.15) is 0 Å². The number of anilines is 4. The largest absolute Gasteiger partial charge is 0.378 e. The van der Waals surface area contributed by atoms with E-state index in [1.807, 2.05) is 55.4 Å². The number of hydrogen-bond acceptors (Lipinski definition) is 4. The van der Waals surface area contributed by atoms with Gasteiger partial charge < -0.3 is 20.0 Å². The molecule has 1 unspecified atom stereocenters. The Labute approximate surface area is 172 Å². The third-order valence-corrected chi connectivity index (χ3v) is 5.78. The zero-order valence-corrected chi connectivity index (χ0v) is 17.1. The molecule has 2 aromatic rings. The highest BCUT2D eigenvalue weighted by Crippen LogP contribution is 2.29. The molecule has 2 amide bonds. The molecule has 0 spiro atoms. The Morgan fingerprint density at radius 1 is 0.966 bits per heavy atom. The average Bonchev–Trinajstić information content (AvgIpc) is 3.38. The minimum absolute atomic E-state index is 0.00188. The van der Waals surface area contributed by atoms with Crippen molar-refractivity contribution >= 4 is 34.6 Å². The van der Waals surface area contributed by atoms with Crippen LogP contribution in [0.25, 0.3) is 0 Å². The standard InChI is InChI=1S/C23H28N4O2/c1-25(2)19-7-5-18(6-8-19)24-23(29)17-15-22(28)27(16-17)21-11-9-20(10-12-21)26-13-3-4-14-26/h5-12,17H,3-4,13-16H2,1-2H3,(H,24,29). The number of benzene rings is 2. The summed E-state index contributed by atoms with van der Waals surface area (Å²) in [4.78, 5) is 31.3. The van der Waals surface area contributed by atoms with Crippen molar-refractivity contribution in [2.75, 3.05) is 53.7 Å². The summed E-state index contributed by atoms with van der Waals surface area (Å²) in [5.41, 5.74) is 3.89. The van der Waals surface area contributed by atoms with Crippen LogP contribution in [0.1, 0.15) is 19.3 Å². The molecule has 0 aliphatic carbocycles. The highest BCUT2D eigenvalue weighted by molar-refractivity contribution is 6.03. The Bertz CT molecular complexity index is 871. The van der Waals surface area contributed by atoms with E-state index in [0.717, 1.165) is 30.2 Å². The molecule has 0 bridgehead atoms. The summed E-state index contributed by atoms with van der Waals surface area (Å²) >= 11 is 0. The van der Waals surface area contributed by atoms with Crippen molar-refractivity contribution in [3.05, 3.63) is 48.5 Å². The molecule has 6 nitrogen and oxygen atoms in total. The van der Waals surface area contributed by atoms with Gasteiger partial charge in [-0.15, -0.1) is 0 Å². The van der Waals surface area contributed by atoms with E-state index in [9.17, 15) is 9.59 Å². The van der Waals surface area contributed by atoms with E-state index < -0.39 is 0 Å². The number of carbonyl (C=O) groups excluding carboxylic acids is 2. The Morgan fingerprint density at radius 3 is 2.21 bits per heavy atom. The van der Waals surface area contributed by atoms with Crippen molar-refractivity contribution in [2.45, 2.75) is 19.3 Å². The summed E-state index contributed by atoms with van der Waals surface area (Å²) in [6, 6.07) is 15.8. The van der Waals surface area contributed by atoms with Gasteiger partial charge in [0.1, 0.15) is 0 Å². The molecule has 1 atom stereocenters. The molecule has 29 heavy (non-hydrogen) atoms. The molecule has 6 heteroatoms. The fraction of sp³-hybridized carbons (Fsp3) is 0.391. The van der Waals surface area contributed by atoms with Gasteiger partial charge in [-0.3, -0.25) is 9.59 Å². The molecule has 0 radical (unpaired) electrons. The first-order valence-corrected chi connectivity index (χ1v) is 10.2. The summed E-state index contributed by atoms with van der Waals surface area (Å²) in [5, 5.41) is 2.95. The van der Waals surface area contributed by atoms with Crippen molar-refractivity contribution in [3.8, 4) is 0 Å². The second-order valence-electron chi connectivity index (χ2n) is 8.05. The molecule has 1 N–H and O–H groups in total. The molecule has 0 aromatic heterocycles. The lowest BCUT2D eigenvalue weighted by atomic mass is 10.1.